The molecule has 4 rings (SSSR count). The Hall–Kier alpha value is -2.71. The van der Waals surface area contributed by atoms with Crippen LogP contribution in [0, 0.1) is 5.41 Å². The van der Waals surface area contributed by atoms with Crippen LogP contribution in [0.5, 0.6) is 0 Å². The van der Waals surface area contributed by atoms with E-state index in [0.29, 0.717) is 17.4 Å². The maximum atomic E-state index is 12.9. The van der Waals surface area contributed by atoms with Gasteiger partial charge in [-0.25, -0.2) is 8.42 Å². The van der Waals surface area contributed by atoms with Crippen LogP contribution in [0.15, 0.2) is 37.5 Å². The fraction of sp³-hybridized carbons (Fsp3) is 0.353. The van der Waals surface area contributed by atoms with Crippen molar-refractivity contribution in [3.8, 4) is 10.6 Å². The minimum absolute atomic E-state index is 0.00935. The van der Waals surface area contributed by atoms with Gasteiger partial charge in [-0.1, -0.05) is 10.3 Å². The van der Waals surface area contributed by atoms with Gasteiger partial charge in [-0.2, -0.15) is 13.2 Å². The molecule has 0 saturated heterocycles. The number of thiophene rings is 1. The molecule has 14 heteroatoms. The number of carbonyl (C=O) groups is 1. The standard InChI is InChI=1S/C17H13F3N2O7S2/c18-17(19,20)13-4-11(22-29-13)12-1-2-14(30-12)31(26,27)7-16(15(24)25)5-9(16)10-3-8(6-23)28-21-10/h1-4,9,23H,5-7H2,(H,24,25). The number of hydrogen-bond donors (Lipinski definition) is 2. The molecule has 2 atom stereocenters. The van der Waals surface area contributed by atoms with E-state index in [1.807, 2.05) is 0 Å². The summed E-state index contributed by atoms with van der Waals surface area (Å²) in [6, 6.07) is 4.48. The molecule has 0 radical (unpaired) electrons. The van der Waals surface area contributed by atoms with Gasteiger partial charge in [0.2, 0.25) is 5.76 Å². The number of halogens is 3. The summed E-state index contributed by atoms with van der Waals surface area (Å²) in [5.41, 5.74) is -1.57. The zero-order chi connectivity index (χ0) is 22.6. The first-order valence-corrected chi connectivity index (χ1v) is 11.1. The number of carboxylic acids is 1. The largest absolute Gasteiger partial charge is 0.481 e. The predicted octanol–water partition coefficient (Wildman–Crippen LogP) is 2.93. The SMILES string of the molecule is O=C(O)C1(CS(=O)(=O)c2ccc(-c3cc(C(F)(F)F)on3)s2)CC1c1cc(CO)on1. The van der Waals surface area contributed by atoms with Gasteiger partial charge in [-0.3, -0.25) is 4.79 Å². The zero-order valence-electron chi connectivity index (χ0n) is 15.3. The van der Waals surface area contributed by atoms with Crippen LogP contribution in [-0.4, -0.2) is 40.7 Å². The number of aromatic nitrogens is 2. The normalized spacial score (nSPS) is 21.4. The Labute approximate surface area is 176 Å². The number of nitrogens with zero attached hydrogens (tertiary/aromatic N) is 2. The molecule has 0 aromatic carbocycles. The molecule has 0 spiro atoms. The van der Waals surface area contributed by atoms with Crippen molar-refractivity contribution in [1.82, 2.24) is 10.3 Å². The summed E-state index contributed by atoms with van der Waals surface area (Å²) in [6.45, 7) is -0.436. The quantitative estimate of drug-likeness (QED) is 0.524. The lowest BCUT2D eigenvalue weighted by molar-refractivity contribution is -0.155. The second-order valence-electron chi connectivity index (χ2n) is 7.05. The number of carboxylic acid groups (broad SMARTS) is 1. The highest BCUT2D eigenvalue weighted by molar-refractivity contribution is 7.93. The Morgan fingerprint density at radius 1 is 1.26 bits per heavy atom. The summed E-state index contributed by atoms with van der Waals surface area (Å²) in [5.74, 6) is -3.96. The lowest BCUT2D eigenvalue weighted by atomic mass is 10.1. The van der Waals surface area contributed by atoms with Crippen molar-refractivity contribution < 1.29 is 45.6 Å². The van der Waals surface area contributed by atoms with Crippen LogP contribution < -0.4 is 0 Å². The number of sulfone groups is 1. The zero-order valence-corrected chi connectivity index (χ0v) is 16.9. The van der Waals surface area contributed by atoms with Crippen molar-refractivity contribution in [2.75, 3.05) is 5.75 Å². The lowest BCUT2D eigenvalue weighted by Gasteiger charge is -2.11. The van der Waals surface area contributed by atoms with Crippen LogP contribution in [0.2, 0.25) is 0 Å². The molecule has 0 amide bonds. The average molecular weight is 478 g/mol. The van der Waals surface area contributed by atoms with Gasteiger partial charge in [0.25, 0.3) is 0 Å². The molecule has 3 aromatic heterocycles. The molecule has 1 fully saturated rings. The van der Waals surface area contributed by atoms with Gasteiger partial charge < -0.3 is 19.3 Å². The molecule has 1 aliphatic rings. The van der Waals surface area contributed by atoms with E-state index in [0.717, 1.165) is 0 Å². The van der Waals surface area contributed by atoms with Gasteiger partial charge in [-0.05, 0) is 18.6 Å². The van der Waals surface area contributed by atoms with Crippen LogP contribution in [-0.2, 0) is 27.4 Å². The number of aliphatic carboxylic acids is 1. The van der Waals surface area contributed by atoms with E-state index in [2.05, 4.69) is 14.8 Å². The summed E-state index contributed by atoms with van der Waals surface area (Å²) in [7, 11) is -4.10. The van der Waals surface area contributed by atoms with Crippen LogP contribution in [0.4, 0.5) is 13.2 Å². The van der Waals surface area contributed by atoms with Crippen molar-refractivity contribution in [2.24, 2.45) is 5.41 Å². The molecule has 31 heavy (non-hydrogen) atoms. The first-order valence-electron chi connectivity index (χ1n) is 8.63. The molecular formula is C17H13F3N2O7S2. The molecule has 2 unspecified atom stereocenters. The Bertz CT molecular complexity index is 1240. The predicted molar refractivity (Wildman–Crippen MR) is 96.7 cm³/mol. The summed E-state index contributed by atoms with van der Waals surface area (Å²) in [4.78, 5) is 12.0. The second kappa shape index (κ2) is 7.17. The number of alkyl halides is 3. The molecule has 3 heterocycles. The maximum absolute atomic E-state index is 12.9. The van der Waals surface area contributed by atoms with E-state index in [1.165, 1.54) is 18.2 Å². The Balaban J connectivity index is 1.57. The molecular weight excluding hydrogens is 465 g/mol. The monoisotopic (exact) mass is 478 g/mol. The van der Waals surface area contributed by atoms with Crippen molar-refractivity contribution in [2.45, 2.75) is 29.3 Å². The summed E-state index contributed by atoms with van der Waals surface area (Å²) >= 11 is 0.664. The summed E-state index contributed by atoms with van der Waals surface area (Å²) in [6.07, 6.45) is -4.72. The number of rotatable bonds is 7. The molecule has 1 saturated carbocycles. The van der Waals surface area contributed by atoms with Gasteiger partial charge in [-0.15, -0.1) is 11.3 Å². The van der Waals surface area contributed by atoms with E-state index < -0.39 is 51.4 Å². The van der Waals surface area contributed by atoms with Crippen LogP contribution in [0.1, 0.15) is 29.6 Å². The highest BCUT2D eigenvalue weighted by Crippen LogP contribution is 2.60. The van der Waals surface area contributed by atoms with E-state index in [9.17, 15) is 31.5 Å². The third-order valence-electron chi connectivity index (χ3n) is 4.97. The van der Waals surface area contributed by atoms with Gasteiger partial charge in [0.05, 0.1) is 21.7 Å². The highest BCUT2D eigenvalue weighted by Gasteiger charge is 2.64. The fourth-order valence-corrected chi connectivity index (χ4v) is 6.46. The second-order valence-corrected chi connectivity index (χ2v) is 10.3. The fourth-order valence-electron chi connectivity index (χ4n) is 3.28. The summed E-state index contributed by atoms with van der Waals surface area (Å²) in [5, 5.41) is 25.7. The molecule has 3 aromatic rings. The Morgan fingerprint density at radius 2 is 2.00 bits per heavy atom. The van der Waals surface area contributed by atoms with Crippen LogP contribution >= 0.6 is 11.3 Å². The highest BCUT2D eigenvalue weighted by atomic mass is 32.2. The molecule has 9 nitrogen and oxygen atoms in total. The number of aliphatic hydroxyl groups is 1. The number of hydrogen-bond acceptors (Lipinski definition) is 9. The topological polar surface area (TPSA) is 144 Å². The third-order valence-corrected chi connectivity index (χ3v) is 8.53. The van der Waals surface area contributed by atoms with Crippen molar-refractivity contribution in [1.29, 1.82) is 0 Å². The molecule has 166 valence electrons. The average Bonchev–Trinajstić information content (AvgIpc) is 3.19. The van der Waals surface area contributed by atoms with Crippen LogP contribution in [0.25, 0.3) is 10.6 Å². The molecule has 0 aliphatic heterocycles. The van der Waals surface area contributed by atoms with E-state index in [-0.39, 0.29) is 32.7 Å². The van der Waals surface area contributed by atoms with E-state index >= 15 is 0 Å². The van der Waals surface area contributed by atoms with Crippen molar-refractivity contribution >= 4 is 27.1 Å². The van der Waals surface area contributed by atoms with Gasteiger partial charge in [0.15, 0.2) is 15.6 Å². The first-order chi connectivity index (χ1) is 14.5. The minimum Gasteiger partial charge on any atom is -0.481 e. The van der Waals surface area contributed by atoms with Gasteiger partial charge in [0.1, 0.15) is 16.5 Å². The number of aliphatic hydroxyl groups excluding tert-OH is 1. The molecule has 2 N–H and O–H groups in total. The van der Waals surface area contributed by atoms with Gasteiger partial charge >= 0.3 is 12.1 Å². The van der Waals surface area contributed by atoms with E-state index in [1.54, 1.807) is 0 Å². The van der Waals surface area contributed by atoms with Gasteiger partial charge in [0, 0.05) is 18.1 Å². The Kier molecular flexibility index (Phi) is 4.98. The van der Waals surface area contributed by atoms with Crippen LogP contribution in [0.3, 0.4) is 0 Å². The van der Waals surface area contributed by atoms with Crippen molar-refractivity contribution in [3.63, 3.8) is 0 Å². The van der Waals surface area contributed by atoms with Crippen molar-refractivity contribution in [3.05, 3.63) is 41.5 Å². The lowest BCUT2D eigenvalue weighted by Crippen LogP contribution is -2.27. The molecule has 1 aliphatic carbocycles. The minimum atomic E-state index is -4.73. The van der Waals surface area contributed by atoms with E-state index in [4.69, 9.17) is 9.63 Å². The smallest absolute Gasteiger partial charge is 0.452 e. The first kappa shape index (κ1) is 21.5. The maximum Gasteiger partial charge on any atom is 0.452 e. The summed E-state index contributed by atoms with van der Waals surface area (Å²) < 4.78 is 72.7. The Morgan fingerprint density at radius 3 is 2.58 bits per heavy atom. The molecule has 0 bridgehead atoms. The third kappa shape index (κ3) is 3.85.